The molecule has 8 heteroatoms. The minimum Gasteiger partial charge on any atom is -0.455 e. The summed E-state index contributed by atoms with van der Waals surface area (Å²) in [6, 6.07) is 8.78. The van der Waals surface area contributed by atoms with E-state index in [-0.39, 0.29) is 29.2 Å². The quantitative estimate of drug-likeness (QED) is 0.574. The predicted octanol–water partition coefficient (Wildman–Crippen LogP) is 5.28. The molecular weight excluding hydrogens is 375 g/mol. The smallest absolute Gasteiger partial charge is 0.338 e. The highest BCUT2D eigenvalue weighted by atomic mass is 35.5. The fourth-order valence-electron chi connectivity index (χ4n) is 2.09. The van der Waals surface area contributed by atoms with Crippen LogP contribution < -0.4 is 0 Å². The minimum absolute atomic E-state index is 0.0492. The van der Waals surface area contributed by atoms with Gasteiger partial charge in [-0.05, 0) is 30.3 Å². The fraction of sp³-hybridized carbons (Fsp3) is 0.0588. The lowest BCUT2D eigenvalue weighted by Gasteiger charge is -2.03. The molecule has 0 unspecified atom stereocenters. The van der Waals surface area contributed by atoms with Gasteiger partial charge in [-0.25, -0.2) is 13.6 Å². The molecule has 0 radical (unpaired) electrons. The molecule has 1 heterocycles. The highest BCUT2D eigenvalue weighted by Gasteiger charge is 2.14. The lowest BCUT2D eigenvalue weighted by Crippen LogP contribution is -2.05. The van der Waals surface area contributed by atoms with Gasteiger partial charge in [0.2, 0.25) is 0 Å². The van der Waals surface area contributed by atoms with Crippen molar-refractivity contribution in [2.45, 2.75) is 6.61 Å². The summed E-state index contributed by atoms with van der Waals surface area (Å²) in [5.41, 5.74) is 0.499. The Morgan fingerprint density at radius 3 is 2.48 bits per heavy atom. The van der Waals surface area contributed by atoms with E-state index in [2.05, 4.69) is 5.16 Å². The zero-order chi connectivity index (χ0) is 18.0. The van der Waals surface area contributed by atoms with Gasteiger partial charge in [-0.2, -0.15) is 0 Å². The maximum absolute atomic E-state index is 13.7. The number of carbonyl (C=O) groups excluding carboxylic acids is 1. The molecule has 2 aromatic carbocycles. The molecule has 1 aromatic heterocycles. The number of halogens is 4. The van der Waals surface area contributed by atoms with Gasteiger partial charge in [-0.1, -0.05) is 28.4 Å². The number of benzene rings is 2. The summed E-state index contributed by atoms with van der Waals surface area (Å²) in [5.74, 6) is -2.04. The van der Waals surface area contributed by atoms with Gasteiger partial charge < -0.3 is 9.26 Å². The van der Waals surface area contributed by atoms with Crippen LogP contribution in [-0.2, 0) is 11.3 Å². The first-order valence-electron chi connectivity index (χ1n) is 6.96. The number of esters is 1. The van der Waals surface area contributed by atoms with Crippen LogP contribution in [-0.4, -0.2) is 11.1 Å². The van der Waals surface area contributed by atoms with E-state index in [0.29, 0.717) is 10.0 Å². The van der Waals surface area contributed by atoms with E-state index in [1.165, 1.54) is 30.3 Å². The van der Waals surface area contributed by atoms with E-state index in [9.17, 15) is 13.6 Å². The lowest BCUT2D eigenvalue weighted by molar-refractivity contribution is 0.0464. The molecule has 3 rings (SSSR count). The summed E-state index contributed by atoms with van der Waals surface area (Å²) < 4.78 is 36.7. The molecule has 0 aliphatic rings. The standard InChI is InChI=1S/C17H9Cl2F2NO3/c18-10-3-9(4-11(19)5-10)17(23)24-8-13-7-16(25-22-13)14-2-1-12(20)6-15(14)21/h1-7H,8H2. The highest BCUT2D eigenvalue weighted by molar-refractivity contribution is 6.35. The molecule has 0 atom stereocenters. The van der Waals surface area contributed by atoms with E-state index >= 15 is 0 Å². The van der Waals surface area contributed by atoms with Crippen LogP contribution in [0.15, 0.2) is 47.0 Å². The molecule has 0 aliphatic carbocycles. The Labute approximate surface area is 150 Å². The van der Waals surface area contributed by atoms with Crippen molar-refractivity contribution in [3.05, 3.63) is 75.4 Å². The third kappa shape index (κ3) is 4.15. The van der Waals surface area contributed by atoms with E-state index in [1.807, 2.05) is 0 Å². The summed E-state index contributed by atoms with van der Waals surface area (Å²) in [4.78, 5) is 12.0. The summed E-state index contributed by atoms with van der Waals surface area (Å²) in [7, 11) is 0. The van der Waals surface area contributed by atoms with Gasteiger partial charge in [0.1, 0.15) is 23.9 Å². The second-order valence-corrected chi connectivity index (χ2v) is 5.91. The third-order valence-electron chi connectivity index (χ3n) is 3.20. The second kappa shape index (κ2) is 7.21. The van der Waals surface area contributed by atoms with Gasteiger partial charge in [-0.15, -0.1) is 0 Å². The van der Waals surface area contributed by atoms with Crippen molar-refractivity contribution in [3.63, 3.8) is 0 Å². The minimum atomic E-state index is -0.784. The van der Waals surface area contributed by atoms with Crippen LogP contribution >= 0.6 is 23.2 Å². The Balaban J connectivity index is 1.70. The Kier molecular flexibility index (Phi) is 5.01. The van der Waals surface area contributed by atoms with Crippen LogP contribution in [0.4, 0.5) is 8.78 Å². The first kappa shape index (κ1) is 17.4. The molecule has 0 N–H and O–H groups in total. The molecule has 128 valence electrons. The van der Waals surface area contributed by atoms with Crippen LogP contribution in [0.3, 0.4) is 0 Å². The van der Waals surface area contributed by atoms with Gasteiger partial charge in [0.15, 0.2) is 5.76 Å². The van der Waals surface area contributed by atoms with Crippen molar-refractivity contribution in [3.8, 4) is 11.3 Å². The van der Waals surface area contributed by atoms with Gasteiger partial charge in [0.25, 0.3) is 0 Å². The number of rotatable bonds is 4. The highest BCUT2D eigenvalue weighted by Crippen LogP contribution is 2.25. The predicted molar refractivity (Wildman–Crippen MR) is 87.4 cm³/mol. The maximum atomic E-state index is 13.7. The Bertz CT molecular complexity index is 923. The summed E-state index contributed by atoms with van der Waals surface area (Å²) in [6.07, 6.45) is 0. The number of carbonyl (C=O) groups is 1. The Morgan fingerprint density at radius 1 is 1.08 bits per heavy atom. The average Bonchev–Trinajstić information content (AvgIpc) is 3.00. The van der Waals surface area contributed by atoms with Crippen LogP contribution in [0.1, 0.15) is 16.1 Å². The van der Waals surface area contributed by atoms with Gasteiger partial charge in [-0.3, -0.25) is 0 Å². The topological polar surface area (TPSA) is 52.3 Å². The largest absolute Gasteiger partial charge is 0.455 e. The fourth-order valence-corrected chi connectivity index (χ4v) is 2.62. The Morgan fingerprint density at radius 2 is 1.80 bits per heavy atom. The second-order valence-electron chi connectivity index (χ2n) is 5.04. The van der Waals surface area contributed by atoms with E-state index in [1.54, 1.807) is 0 Å². The molecule has 0 aliphatic heterocycles. The average molecular weight is 384 g/mol. The zero-order valence-electron chi connectivity index (χ0n) is 12.4. The molecule has 3 aromatic rings. The van der Waals surface area contributed by atoms with E-state index < -0.39 is 17.6 Å². The first-order valence-corrected chi connectivity index (χ1v) is 7.72. The molecule has 0 bridgehead atoms. The van der Waals surface area contributed by atoms with Gasteiger partial charge >= 0.3 is 5.97 Å². The molecule has 0 fully saturated rings. The number of nitrogens with zero attached hydrogens (tertiary/aromatic N) is 1. The molecular formula is C17H9Cl2F2NO3. The van der Waals surface area contributed by atoms with Crippen LogP contribution in [0.5, 0.6) is 0 Å². The molecule has 0 saturated carbocycles. The summed E-state index contributed by atoms with van der Waals surface area (Å²) in [6.45, 7) is -0.199. The van der Waals surface area contributed by atoms with Crippen molar-refractivity contribution in [1.29, 1.82) is 0 Å². The van der Waals surface area contributed by atoms with Crippen molar-refractivity contribution >= 4 is 29.2 Å². The lowest BCUT2D eigenvalue weighted by atomic mass is 10.1. The number of hydrogen-bond acceptors (Lipinski definition) is 4. The molecule has 4 nitrogen and oxygen atoms in total. The van der Waals surface area contributed by atoms with Gasteiger partial charge in [0, 0.05) is 22.2 Å². The number of ether oxygens (including phenoxy) is 1. The normalized spacial score (nSPS) is 10.7. The number of aromatic nitrogens is 1. The van der Waals surface area contributed by atoms with Crippen molar-refractivity contribution in [1.82, 2.24) is 5.16 Å². The van der Waals surface area contributed by atoms with Crippen molar-refractivity contribution in [2.75, 3.05) is 0 Å². The van der Waals surface area contributed by atoms with Gasteiger partial charge in [0.05, 0.1) is 11.1 Å². The third-order valence-corrected chi connectivity index (χ3v) is 3.64. The summed E-state index contributed by atoms with van der Waals surface area (Å²) in [5, 5.41) is 4.29. The SMILES string of the molecule is O=C(OCc1cc(-c2ccc(F)cc2F)on1)c1cc(Cl)cc(Cl)c1. The molecule has 0 amide bonds. The monoisotopic (exact) mass is 383 g/mol. The molecule has 25 heavy (non-hydrogen) atoms. The van der Waals surface area contributed by atoms with Crippen molar-refractivity contribution in [2.24, 2.45) is 0 Å². The molecule has 0 spiro atoms. The van der Waals surface area contributed by atoms with Crippen LogP contribution in [0.2, 0.25) is 10.0 Å². The maximum Gasteiger partial charge on any atom is 0.338 e. The van der Waals surface area contributed by atoms with Crippen LogP contribution in [0.25, 0.3) is 11.3 Å². The summed E-state index contributed by atoms with van der Waals surface area (Å²) >= 11 is 11.7. The van der Waals surface area contributed by atoms with E-state index in [0.717, 1.165) is 12.1 Å². The number of hydrogen-bond donors (Lipinski definition) is 0. The Hall–Kier alpha value is -2.44. The molecule has 0 saturated heterocycles. The first-order chi connectivity index (χ1) is 11.9. The zero-order valence-corrected chi connectivity index (χ0v) is 13.9. The van der Waals surface area contributed by atoms with Crippen molar-refractivity contribution < 1.29 is 22.8 Å². The van der Waals surface area contributed by atoms with Crippen LogP contribution in [0, 0.1) is 11.6 Å². The van der Waals surface area contributed by atoms with E-state index in [4.69, 9.17) is 32.5 Å².